The largest absolute Gasteiger partial charge is 0.326 e. The lowest BCUT2D eigenvalue weighted by molar-refractivity contribution is -0.114. The van der Waals surface area contributed by atoms with E-state index in [1.165, 1.54) is 19.8 Å². The molecule has 1 aromatic rings. The molecule has 0 spiro atoms. The first-order valence-electron chi connectivity index (χ1n) is 9.70. The molecular formula is C20H27N3O3S. The van der Waals surface area contributed by atoms with Gasteiger partial charge in [-0.25, -0.2) is 8.42 Å². The third-order valence-electron chi connectivity index (χ3n) is 6.05. The Hall–Kier alpha value is -1.70. The highest BCUT2D eigenvalue weighted by atomic mass is 32.2. The maximum Gasteiger partial charge on any atom is 0.243 e. The molecule has 1 aromatic carbocycles. The van der Waals surface area contributed by atoms with Crippen LogP contribution in [-0.2, 0) is 14.8 Å². The lowest BCUT2D eigenvalue weighted by Gasteiger charge is -2.36. The Morgan fingerprint density at radius 1 is 1.07 bits per heavy atom. The van der Waals surface area contributed by atoms with Gasteiger partial charge in [-0.1, -0.05) is 12.2 Å². The van der Waals surface area contributed by atoms with E-state index in [9.17, 15) is 13.2 Å². The number of benzene rings is 1. The SMILES string of the molecule is CC(=O)Nc1ccc(S(=O)(=O)N2CCN(C[C@H]3C[C@@H]4C=C[C@H]3C4)CC2)cc1. The summed E-state index contributed by atoms with van der Waals surface area (Å²) in [6.45, 7) is 5.17. The number of rotatable bonds is 5. The Morgan fingerprint density at radius 2 is 1.78 bits per heavy atom. The van der Waals surface area contributed by atoms with Gasteiger partial charge < -0.3 is 10.2 Å². The van der Waals surface area contributed by atoms with E-state index in [0.717, 1.165) is 37.4 Å². The zero-order chi connectivity index (χ0) is 19.0. The number of nitrogens with one attached hydrogen (secondary N) is 1. The molecule has 3 atom stereocenters. The first-order chi connectivity index (χ1) is 12.9. The molecule has 3 aliphatic rings. The van der Waals surface area contributed by atoms with Crippen LogP contribution in [0.2, 0.25) is 0 Å². The van der Waals surface area contributed by atoms with Crippen molar-refractivity contribution in [3.05, 3.63) is 36.4 Å². The molecule has 4 rings (SSSR count). The number of nitrogens with zero attached hydrogens (tertiary/aromatic N) is 2. The van der Waals surface area contributed by atoms with E-state index in [-0.39, 0.29) is 10.8 Å². The van der Waals surface area contributed by atoms with Gasteiger partial charge >= 0.3 is 0 Å². The van der Waals surface area contributed by atoms with Crippen LogP contribution in [0.5, 0.6) is 0 Å². The number of fused-ring (bicyclic) bond motifs is 2. The highest BCUT2D eigenvalue weighted by molar-refractivity contribution is 7.89. The van der Waals surface area contributed by atoms with E-state index < -0.39 is 10.0 Å². The first kappa shape index (κ1) is 18.7. The molecule has 1 saturated heterocycles. The molecule has 0 aromatic heterocycles. The smallest absolute Gasteiger partial charge is 0.243 e. The van der Waals surface area contributed by atoms with Gasteiger partial charge in [-0.2, -0.15) is 4.31 Å². The van der Waals surface area contributed by atoms with Crippen LogP contribution in [0.3, 0.4) is 0 Å². The van der Waals surface area contributed by atoms with Crippen LogP contribution in [-0.4, -0.2) is 56.3 Å². The predicted octanol–water partition coefficient (Wildman–Crippen LogP) is 2.16. The maximum atomic E-state index is 12.9. The van der Waals surface area contributed by atoms with Crippen LogP contribution in [0.15, 0.2) is 41.3 Å². The number of sulfonamides is 1. The Morgan fingerprint density at radius 3 is 2.33 bits per heavy atom. The average molecular weight is 390 g/mol. The summed E-state index contributed by atoms with van der Waals surface area (Å²) in [4.78, 5) is 13.8. The number of hydrogen-bond donors (Lipinski definition) is 1. The fraction of sp³-hybridized carbons (Fsp3) is 0.550. The molecule has 2 aliphatic carbocycles. The monoisotopic (exact) mass is 389 g/mol. The van der Waals surface area contributed by atoms with Crippen molar-refractivity contribution in [3.8, 4) is 0 Å². The Bertz CT molecular complexity index is 827. The molecule has 0 unspecified atom stereocenters. The van der Waals surface area contributed by atoms with E-state index in [1.54, 1.807) is 28.6 Å². The number of anilines is 1. The van der Waals surface area contributed by atoms with Gasteiger partial charge in [-0.15, -0.1) is 0 Å². The van der Waals surface area contributed by atoms with Gasteiger partial charge in [0.15, 0.2) is 0 Å². The van der Waals surface area contributed by atoms with Crippen molar-refractivity contribution in [3.63, 3.8) is 0 Å². The summed E-state index contributed by atoms with van der Waals surface area (Å²) < 4.78 is 27.4. The van der Waals surface area contributed by atoms with Crippen molar-refractivity contribution >= 4 is 21.6 Å². The second-order valence-electron chi connectivity index (χ2n) is 7.95. The lowest BCUT2D eigenvalue weighted by Crippen LogP contribution is -2.49. The summed E-state index contributed by atoms with van der Waals surface area (Å²) in [6.07, 6.45) is 7.35. The number of hydrogen-bond acceptors (Lipinski definition) is 4. The average Bonchev–Trinajstić information content (AvgIpc) is 3.25. The summed E-state index contributed by atoms with van der Waals surface area (Å²) in [7, 11) is -3.48. The summed E-state index contributed by atoms with van der Waals surface area (Å²) in [5.74, 6) is 2.08. The van der Waals surface area contributed by atoms with Crippen molar-refractivity contribution < 1.29 is 13.2 Å². The van der Waals surface area contributed by atoms with E-state index in [1.807, 2.05) is 0 Å². The molecule has 2 bridgehead atoms. The summed E-state index contributed by atoms with van der Waals surface area (Å²) in [6, 6.07) is 6.39. The fourth-order valence-electron chi connectivity index (χ4n) is 4.65. The standard InChI is InChI=1S/C20H27N3O3S/c1-15(24)21-19-4-6-20(7-5-19)27(25,26)23-10-8-22(9-11-23)14-18-13-16-2-3-17(18)12-16/h2-7,16-18H,8-14H2,1H3,(H,21,24)/t16-,17+,18-/m1/s1. The minimum atomic E-state index is -3.48. The summed E-state index contributed by atoms with van der Waals surface area (Å²) in [5.41, 5.74) is 0.603. The number of carbonyl (C=O) groups excluding carboxylic acids is 1. The molecule has 1 amide bonds. The van der Waals surface area contributed by atoms with Crippen LogP contribution >= 0.6 is 0 Å². The molecule has 146 valence electrons. The number of carbonyl (C=O) groups is 1. The number of piperazine rings is 1. The molecule has 1 heterocycles. The van der Waals surface area contributed by atoms with Crippen molar-refractivity contribution in [2.24, 2.45) is 17.8 Å². The van der Waals surface area contributed by atoms with Crippen molar-refractivity contribution in [2.45, 2.75) is 24.7 Å². The second kappa shape index (κ2) is 7.37. The molecule has 6 nitrogen and oxygen atoms in total. The molecule has 27 heavy (non-hydrogen) atoms. The minimum Gasteiger partial charge on any atom is -0.326 e. The van der Waals surface area contributed by atoms with Crippen LogP contribution in [0.25, 0.3) is 0 Å². The van der Waals surface area contributed by atoms with E-state index in [2.05, 4.69) is 22.4 Å². The summed E-state index contributed by atoms with van der Waals surface area (Å²) in [5, 5.41) is 2.66. The van der Waals surface area contributed by atoms with Gasteiger partial charge in [-0.3, -0.25) is 4.79 Å². The van der Waals surface area contributed by atoms with Gasteiger partial charge in [-0.05, 0) is 54.9 Å². The maximum absolute atomic E-state index is 12.9. The number of amides is 1. The van der Waals surface area contributed by atoms with Crippen LogP contribution in [0.4, 0.5) is 5.69 Å². The van der Waals surface area contributed by atoms with Crippen LogP contribution < -0.4 is 5.32 Å². The zero-order valence-corrected chi connectivity index (χ0v) is 16.5. The molecule has 1 N–H and O–H groups in total. The third kappa shape index (κ3) is 3.95. The van der Waals surface area contributed by atoms with Gasteiger partial charge in [0.25, 0.3) is 0 Å². The van der Waals surface area contributed by atoms with E-state index in [4.69, 9.17) is 0 Å². The van der Waals surface area contributed by atoms with Crippen LogP contribution in [0, 0.1) is 17.8 Å². The van der Waals surface area contributed by atoms with Crippen molar-refractivity contribution in [1.29, 1.82) is 0 Å². The highest BCUT2D eigenvalue weighted by Gasteiger charge is 2.37. The highest BCUT2D eigenvalue weighted by Crippen LogP contribution is 2.43. The Labute approximate surface area is 161 Å². The minimum absolute atomic E-state index is 0.173. The summed E-state index contributed by atoms with van der Waals surface area (Å²) >= 11 is 0. The fourth-order valence-corrected chi connectivity index (χ4v) is 6.07. The quantitative estimate of drug-likeness (QED) is 0.784. The van der Waals surface area contributed by atoms with Crippen molar-refractivity contribution in [1.82, 2.24) is 9.21 Å². The second-order valence-corrected chi connectivity index (χ2v) is 9.89. The van der Waals surface area contributed by atoms with Gasteiger partial charge in [0.05, 0.1) is 4.90 Å². The van der Waals surface area contributed by atoms with E-state index >= 15 is 0 Å². The predicted molar refractivity (Wildman–Crippen MR) is 105 cm³/mol. The topological polar surface area (TPSA) is 69.7 Å². The molecule has 1 aliphatic heterocycles. The van der Waals surface area contributed by atoms with E-state index in [0.29, 0.717) is 18.8 Å². The zero-order valence-electron chi connectivity index (χ0n) is 15.7. The van der Waals surface area contributed by atoms with Gasteiger partial charge in [0.1, 0.15) is 0 Å². The Kier molecular flexibility index (Phi) is 5.09. The molecule has 0 radical (unpaired) electrons. The van der Waals surface area contributed by atoms with Gasteiger partial charge in [0.2, 0.25) is 15.9 Å². The number of allylic oxidation sites excluding steroid dienone is 2. The molecule has 7 heteroatoms. The lowest BCUT2D eigenvalue weighted by atomic mass is 9.93. The molecule has 1 saturated carbocycles. The molecule has 2 fully saturated rings. The normalized spacial score (nSPS) is 28.6. The third-order valence-corrected chi connectivity index (χ3v) is 7.97. The van der Waals surface area contributed by atoms with Gasteiger partial charge in [0, 0.05) is 45.3 Å². The first-order valence-corrected chi connectivity index (χ1v) is 11.1. The Balaban J connectivity index is 1.34. The van der Waals surface area contributed by atoms with Crippen molar-refractivity contribution in [2.75, 3.05) is 38.0 Å². The molecular weight excluding hydrogens is 362 g/mol. The van der Waals surface area contributed by atoms with Crippen LogP contribution in [0.1, 0.15) is 19.8 Å².